The quantitative estimate of drug-likeness (QED) is 0.894. The van der Waals surface area contributed by atoms with Crippen LogP contribution in [-0.2, 0) is 0 Å². The molecule has 1 N–H and O–H groups in total. The normalized spacial score (nSPS) is 27.8. The van der Waals surface area contributed by atoms with Gasteiger partial charge in [-0.1, -0.05) is 13.8 Å². The highest BCUT2D eigenvalue weighted by molar-refractivity contribution is 5.87. The van der Waals surface area contributed by atoms with Crippen LogP contribution >= 0.6 is 0 Å². The third-order valence-electron chi connectivity index (χ3n) is 3.40. The summed E-state index contributed by atoms with van der Waals surface area (Å²) in [7, 11) is 0. The summed E-state index contributed by atoms with van der Waals surface area (Å²) in [5.74, 6) is 0.906. The van der Waals surface area contributed by atoms with Crippen molar-refractivity contribution >= 4 is 5.97 Å². The van der Waals surface area contributed by atoms with Crippen LogP contribution in [0.1, 0.15) is 43.5 Å². The van der Waals surface area contributed by atoms with E-state index in [2.05, 4.69) is 18.8 Å². The van der Waals surface area contributed by atoms with Crippen LogP contribution in [0.5, 0.6) is 5.75 Å². The van der Waals surface area contributed by atoms with E-state index in [1.54, 1.807) is 12.3 Å². The van der Waals surface area contributed by atoms with E-state index < -0.39 is 5.97 Å². The van der Waals surface area contributed by atoms with Gasteiger partial charge in [-0.25, -0.2) is 4.79 Å². The van der Waals surface area contributed by atoms with Crippen molar-refractivity contribution in [2.75, 3.05) is 0 Å². The molecule has 0 bridgehead atoms. The van der Waals surface area contributed by atoms with Gasteiger partial charge in [-0.2, -0.15) is 0 Å². The van der Waals surface area contributed by atoms with Crippen LogP contribution in [-0.4, -0.2) is 22.2 Å². The molecule has 1 heterocycles. The topological polar surface area (TPSA) is 59.4 Å². The van der Waals surface area contributed by atoms with E-state index in [0.717, 1.165) is 12.8 Å². The van der Waals surface area contributed by atoms with E-state index in [4.69, 9.17) is 9.84 Å². The van der Waals surface area contributed by atoms with E-state index in [-0.39, 0.29) is 11.7 Å². The molecule has 1 aromatic rings. The molecule has 1 fully saturated rings. The molecule has 2 unspecified atom stereocenters. The standard InChI is InChI=1S/C14H19NO3/c1-9-3-10(2)5-12(4-9)18-13-6-11(14(16)17)7-15-8-13/h6-10,12H,3-5H2,1-2H3,(H,16,17). The van der Waals surface area contributed by atoms with Gasteiger partial charge in [0.05, 0.1) is 17.9 Å². The van der Waals surface area contributed by atoms with Crippen LogP contribution in [0.3, 0.4) is 0 Å². The number of carboxylic acids is 1. The van der Waals surface area contributed by atoms with Crippen molar-refractivity contribution in [3.05, 3.63) is 24.0 Å². The molecule has 98 valence electrons. The lowest BCUT2D eigenvalue weighted by Crippen LogP contribution is -2.28. The Morgan fingerprint density at radius 2 is 1.94 bits per heavy atom. The number of aromatic carboxylic acids is 1. The maximum atomic E-state index is 10.9. The number of rotatable bonds is 3. The highest BCUT2D eigenvalue weighted by Crippen LogP contribution is 2.31. The fourth-order valence-electron chi connectivity index (χ4n) is 2.76. The summed E-state index contributed by atoms with van der Waals surface area (Å²) in [4.78, 5) is 14.8. The second kappa shape index (κ2) is 5.38. The lowest BCUT2D eigenvalue weighted by Gasteiger charge is -2.31. The average Bonchev–Trinajstić information content (AvgIpc) is 2.27. The highest BCUT2D eigenvalue weighted by Gasteiger charge is 2.25. The predicted molar refractivity (Wildman–Crippen MR) is 67.8 cm³/mol. The van der Waals surface area contributed by atoms with Crippen molar-refractivity contribution in [1.29, 1.82) is 0 Å². The Morgan fingerprint density at radius 3 is 2.56 bits per heavy atom. The molecule has 4 heteroatoms. The number of pyridine rings is 1. The Morgan fingerprint density at radius 1 is 1.28 bits per heavy atom. The van der Waals surface area contributed by atoms with Crippen LogP contribution in [0.4, 0.5) is 0 Å². The van der Waals surface area contributed by atoms with Gasteiger partial charge in [0.2, 0.25) is 0 Å². The Bertz CT molecular complexity index is 423. The third-order valence-corrected chi connectivity index (χ3v) is 3.40. The molecule has 1 saturated carbocycles. The van der Waals surface area contributed by atoms with Crippen molar-refractivity contribution in [2.45, 2.75) is 39.2 Å². The molecule has 0 amide bonds. The maximum Gasteiger partial charge on any atom is 0.337 e. The maximum absolute atomic E-state index is 10.9. The summed E-state index contributed by atoms with van der Waals surface area (Å²) in [6.45, 7) is 4.47. The number of hydrogen-bond donors (Lipinski definition) is 1. The number of aromatic nitrogens is 1. The number of hydrogen-bond acceptors (Lipinski definition) is 3. The molecule has 1 aliphatic carbocycles. The molecule has 1 aliphatic rings. The monoisotopic (exact) mass is 249 g/mol. The van der Waals surface area contributed by atoms with Crippen LogP contribution in [0.25, 0.3) is 0 Å². The summed E-state index contributed by atoms with van der Waals surface area (Å²) in [6, 6.07) is 1.54. The van der Waals surface area contributed by atoms with E-state index in [0.29, 0.717) is 17.6 Å². The van der Waals surface area contributed by atoms with Crippen LogP contribution < -0.4 is 4.74 Å². The molecule has 0 saturated heterocycles. The molecule has 0 spiro atoms. The lowest BCUT2D eigenvalue weighted by atomic mass is 9.82. The summed E-state index contributed by atoms with van der Waals surface area (Å²) in [6.07, 6.45) is 6.39. The fourth-order valence-corrected chi connectivity index (χ4v) is 2.76. The Balaban J connectivity index is 2.04. The largest absolute Gasteiger partial charge is 0.489 e. The van der Waals surface area contributed by atoms with Gasteiger partial charge in [0.15, 0.2) is 0 Å². The summed E-state index contributed by atoms with van der Waals surface area (Å²) >= 11 is 0. The van der Waals surface area contributed by atoms with Crippen LogP contribution in [0.2, 0.25) is 0 Å². The predicted octanol–water partition coefficient (Wildman–Crippen LogP) is 2.98. The van der Waals surface area contributed by atoms with E-state index >= 15 is 0 Å². The van der Waals surface area contributed by atoms with E-state index in [9.17, 15) is 4.79 Å². The first-order valence-electron chi connectivity index (χ1n) is 6.39. The molecule has 4 nitrogen and oxygen atoms in total. The fraction of sp³-hybridized carbons (Fsp3) is 0.571. The van der Waals surface area contributed by atoms with Gasteiger partial charge >= 0.3 is 5.97 Å². The molecule has 0 radical (unpaired) electrons. The van der Waals surface area contributed by atoms with Crippen molar-refractivity contribution < 1.29 is 14.6 Å². The Kier molecular flexibility index (Phi) is 3.84. The third kappa shape index (κ3) is 3.22. The number of nitrogens with zero attached hydrogens (tertiary/aromatic N) is 1. The first-order valence-corrected chi connectivity index (χ1v) is 6.39. The van der Waals surface area contributed by atoms with Gasteiger partial charge in [0.25, 0.3) is 0 Å². The first kappa shape index (κ1) is 12.9. The smallest absolute Gasteiger partial charge is 0.337 e. The second-order valence-corrected chi connectivity index (χ2v) is 5.37. The summed E-state index contributed by atoms with van der Waals surface area (Å²) < 4.78 is 5.86. The minimum atomic E-state index is -0.974. The zero-order valence-corrected chi connectivity index (χ0v) is 10.8. The van der Waals surface area contributed by atoms with E-state index in [1.165, 1.54) is 12.6 Å². The Labute approximate surface area is 107 Å². The van der Waals surface area contributed by atoms with Gasteiger partial charge in [-0.05, 0) is 37.2 Å². The van der Waals surface area contributed by atoms with Crippen molar-refractivity contribution in [2.24, 2.45) is 11.8 Å². The number of ether oxygens (including phenoxy) is 1. The summed E-state index contributed by atoms with van der Waals surface area (Å²) in [5, 5.41) is 8.90. The zero-order chi connectivity index (χ0) is 13.1. The van der Waals surface area contributed by atoms with Gasteiger partial charge in [-0.3, -0.25) is 4.98 Å². The molecule has 0 aliphatic heterocycles. The average molecular weight is 249 g/mol. The van der Waals surface area contributed by atoms with Crippen molar-refractivity contribution in [3.8, 4) is 5.75 Å². The van der Waals surface area contributed by atoms with Crippen LogP contribution in [0, 0.1) is 11.8 Å². The molecular weight excluding hydrogens is 230 g/mol. The minimum Gasteiger partial charge on any atom is -0.489 e. The summed E-state index contributed by atoms with van der Waals surface area (Å²) in [5.41, 5.74) is 0.171. The first-order chi connectivity index (χ1) is 8.54. The highest BCUT2D eigenvalue weighted by atomic mass is 16.5. The van der Waals surface area contributed by atoms with Crippen molar-refractivity contribution in [3.63, 3.8) is 0 Å². The molecule has 2 rings (SSSR count). The molecule has 18 heavy (non-hydrogen) atoms. The zero-order valence-electron chi connectivity index (χ0n) is 10.8. The second-order valence-electron chi connectivity index (χ2n) is 5.37. The number of carbonyl (C=O) groups is 1. The lowest BCUT2D eigenvalue weighted by molar-refractivity contribution is 0.0693. The van der Waals surface area contributed by atoms with Gasteiger partial charge in [0.1, 0.15) is 5.75 Å². The molecular formula is C14H19NO3. The van der Waals surface area contributed by atoms with Gasteiger partial charge in [-0.15, -0.1) is 0 Å². The SMILES string of the molecule is CC1CC(C)CC(Oc2cncc(C(=O)O)c2)C1. The molecule has 2 atom stereocenters. The number of carboxylic acid groups (broad SMARTS) is 1. The van der Waals surface area contributed by atoms with Crippen LogP contribution in [0.15, 0.2) is 18.5 Å². The van der Waals surface area contributed by atoms with Gasteiger partial charge < -0.3 is 9.84 Å². The van der Waals surface area contributed by atoms with Gasteiger partial charge in [0, 0.05) is 6.20 Å². The molecule has 0 aromatic carbocycles. The Hall–Kier alpha value is -1.58. The van der Waals surface area contributed by atoms with Crippen molar-refractivity contribution in [1.82, 2.24) is 4.98 Å². The molecule has 1 aromatic heterocycles. The minimum absolute atomic E-state index is 0.171. The van der Waals surface area contributed by atoms with E-state index in [1.807, 2.05) is 0 Å².